The summed E-state index contributed by atoms with van der Waals surface area (Å²) in [6, 6.07) is 0.654. The maximum Gasteiger partial charge on any atom is 0.191 e. The van der Waals surface area contributed by atoms with Gasteiger partial charge in [0, 0.05) is 24.3 Å². The van der Waals surface area contributed by atoms with Gasteiger partial charge in [-0.3, -0.25) is 9.67 Å². The van der Waals surface area contributed by atoms with Gasteiger partial charge in [-0.2, -0.15) is 5.10 Å². The number of guanidine groups is 1. The third-order valence-electron chi connectivity index (χ3n) is 2.97. The van der Waals surface area contributed by atoms with Crippen LogP contribution in [0.3, 0.4) is 0 Å². The average Bonchev–Trinajstić information content (AvgIpc) is 2.83. The molecule has 0 saturated carbocycles. The van der Waals surface area contributed by atoms with E-state index in [-0.39, 0.29) is 6.04 Å². The Morgan fingerprint density at radius 3 is 2.88 bits per heavy atom. The van der Waals surface area contributed by atoms with Gasteiger partial charge in [0.15, 0.2) is 5.96 Å². The van der Waals surface area contributed by atoms with E-state index in [4.69, 9.17) is 5.73 Å². The van der Waals surface area contributed by atoms with Gasteiger partial charge in [0.2, 0.25) is 0 Å². The van der Waals surface area contributed by atoms with Crippen molar-refractivity contribution in [3.8, 4) is 0 Å². The molecule has 1 aliphatic rings. The molecule has 2 heterocycles. The molecule has 1 atom stereocenters. The van der Waals surface area contributed by atoms with Crippen molar-refractivity contribution >= 4 is 5.96 Å². The lowest BCUT2D eigenvalue weighted by Crippen LogP contribution is -2.35. The van der Waals surface area contributed by atoms with Crippen molar-refractivity contribution in [2.45, 2.75) is 32.9 Å². The number of likely N-dealkylation sites (N-methyl/N-ethyl adjacent to an activating group) is 1. The van der Waals surface area contributed by atoms with Crippen molar-refractivity contribution in [3.05, 3.63) is 18.0 Å². The molecule has 2 rings (SSSR count). The van der Waals surface area contributed by atoms with Crippen LogP contribution in [-0.4, -0.2) is 33.7 Å². The fourth-order valence-electron chi connectivity index (χ4n) is 2.00. The van der Waals surface area contributed by atoms with E-state index in [1.807, 2.05) is 10.9 Å². The summed E-state index contributed by atoms with van der Waals surface area (Å²) in [6.45, 7) is 7.95. The first-order chi connectivity index (χ1) is 7.63. The standard InChI is InChI=1S/C11H19N5/c1-4-15-10(6-13-11(15)12)9-5-14-16(7-9)8(2)3/h5,7-8,10H,4,6H2,1-3H3,(H2,12,13). The van der Waals surface area contributed by atoms with Crippen LogP contribution in [0.15, 0.2) is 17.4 Å². The Hall–Kier alpha value is -1.52. The second kappa shape index (κ2) is 4.15. The van der Waals surface area contributed by atoms with Gasteiger partial charge in [0.1, 0.15) is 0 Å². The minimum absolute atomic E-state index is 0.262. The van der Waals surface area contributed by atoms with E-state index in [1.54, 1.807) is 0 Å². The lowest BCUT2D eigenvalue weighted by atomic mass is 10.1. The first kappa shape index (κ1) is 11.0. The lowest BCUT2D eigenvalue weighted by molar-refractivity contribution is 0.364. The van der Waals surface area contributed by atoms with E-state index in [0.717, 1.165) is 13.1 Å². The molecule has 0 fully saturated rings. The number of nitrogens with zero attached hydrogens (tertiary/aromatic N) is 4. The van der Waals surface area contributed by atoms with Crippen LogP contribution < -0.4 is 5.73 Å². The van der Waals surface area contributed by atoms with E-state index < -0.39 is 0 Å². The highest BCUT2D eigenvalue weighted by atomic mass is 15.3. The fraction of sp³-hybridized carbons (Fsp3) is 0.636. The average molecular weight is 221 g/mol. The van der Waals surface area contributed by atoms with Crippen LogP contribution in [0, 0.1) is 0 Å². The van der Waals surface area contributed by atoms with Crippen LogP contribution >= 0.6 is 0 Å². The zero-order chi connectivity index (χ0) is 11.7. The molecule has 1 aromatic heterocycles. The normalized spacial score (nSPS) is 20.6. The summed E-state index contributed by atoms with van der Waals surface area (Å²) >= 11 is 0. The largest absolute Gasteiger partial charge is 0.370 e. The minimum Gasteiger partial charge on any atom is -0.370 e. The Morgan fingerprint density at radius 2 is 2.31 bits per heavy atom. The minimum atomic E-state index is 0.262. The van der Waals surface area contributed by atoms with Gasteiger partial charge in [-0.15, -0.1) is 0 Å². The number of aliphatic imine (C=N–C) groups is 1. The molecule has 1 aromatic rings. The van der Waals surface area contributed by atoms with Crippen LogP contribution in [0.25, 0.3) is 0 Å². The molecule has 0 radical (unpaired) electrons. The molecular formula is C11H19N5. The van der Waals surface area contributed by atoms with Gasteiger partial charge in [0.25, 0.3) is 0 Å². The predicted molar refractivity (Wildman–Crippen MR) is 64.2 cm³/mol. The lowest BCUT2D eigenvalue weighted by Gasteiger charge is -2.23. The van der Waals surface area contributed by atoms with E-state index in [2.05, 4.69) is 42.0 Å². The second-order valence-corrected chi connectivity index (χ2v) is 4.35. The molecule has 0 aromatic carbocycles. The van der Waals surface area contributed by atoms with Crippen LogP contribution in [-0.2, 0) is 0 Å². The SMILES string of the molecule is CCN1C(N)=NCC1c1cnn(C(C)C)c1. The van der Waals surface area contributed by atoms with Gasteiger partial charge < -0.3 is 10.6 Å². The summed E-state index contributed by atoms with van der Waals surface area (Å²) in [4.78, 5) is 6.40. The van der Waals surface area contributed by atoms with Gasteiger partial charge >= 0.3 is 0 Å². The Morgan fingerprint density at radius 1 is 1.56 bits per heavy atom. The molecule has 0 amide bonds. The van der Waals surface area contributed by atoms with Crippen molar-refractivity contribution < 1.29 is 0 Å². The van der Waals surface area contributed by atoms with Gasteiger partial charge in [-0.1, -0.05) is 0 Å². The number of nitrogens with two attached hydrogens (primary N) is 1. The third kappa shape index (κ3) is 1.77. The summed E-state index contributed by atoms with van der Waals surface area (Å²) in [5.41, 5.74) is 7.03. The summed E-state index contributed by atoms with van der Waals surface area (Å²) in [7, 11) is 0. The molecule has 0 saturated heterocycles. The molecule has 1 unspecified atom stereocenters. The smallest absolute Gasteiger partial charge is 0.191 e. The molecule has 5 heteroatoms. The van der Waals surface area contributed by atoms with E-state index in [0.29, 0.717) is 12.0 Å². The number of rotatable bonds is 3. The highest BCUT2D eigenvalue weighted by Gasteiger charge is 2.27. The van der Waals surface area contributed by atoms with Gasteiger partial charge in [-0.25, -0.2) is 0 Å². The van der Waals surface area contributed by atoms with Crippen LogP contribution in [0.2, 0.25) is 0 Å². The van der Waals surface area contributed by atoms with Gasteiger partial charge in [-0.05, 0) is 20.8 Å². The summed E-state index contributed by atoms with van der Waals surface area (Å²) in [5, 5.41) is 4.35. The third-order valence-corrected chi connectivity index (χ3v) is 2.97. The summed E-state index contributed by atoms with van der Waals surface area (Å²) in [6.07, 6.45) is 4.01. The van der Waals surface area contributed by atoms with Crippen molar-refractivity contribution in [2.24, 2.45) is 10.7 Å². The predicted octanol–water partition coefficient (Wildman–Crippen LogP) is 1.16. The summed E-state index contributed by atoms with van der Waals surface area (Å²) < 4.78 is 1.97. The molecule has 2 N–H and O–H groups in total. The molecule has 5 nitrogen and oxygen atoms in total. The molecule has 0 bridgehead atoms. The van der Waals surface area contributed by atoms with E-state index >= 15 is 0 Å². The van der Waals surface area contributed by atoms with Crippen molar-refractivity contribution in [1.29, 1.82) is 0 Å². The van der Waals surface area contributed by atoms with Crippen LogP contribution in [0.1, 0.15) is 38.4 Å². The first-order valence-corrected chi connectivity index (χ1v) is 5.74. The first-order valence-electron chi connectivity index (χ1n) is 5.74. The topological polar surface area (TPSA) is 59.4 Å². The maximum absolute atomic E-state index is 5.83. The molecule has 88 valence electrons. The molecule has 1 aliphatic heterocycles. The summed E-state index contributed by atoms with van der Waals surface area (Å²) in [5.74, 6) is 0.643. The van der Waals surface area contributed by atoms with Crippen LogP contribution in [0.4, 0.5) is 0 Å². The molecule has 0 aliphatic carbocycles. The van der Waals surface area contributed by atoms with Gasteiger partial charge in [0.05, 0.1) is 18.8 Å². The maximum atomic E-state index is 5.83. The van der Waals surface area contributed by atoms with Crippen molar-refractivity contribution in [3.63, 3.8) is 0 Å². The number of hydrogen-bond acceptors (Lipinski definition) is 4. The molecule has 0 spiro atoms. The fourth-order valence-corrected chi connectivity index (χ4v) is 2.00. The van der Waals surface area contributed by atoms with E-state index in [9.17, 15) is 0 Å². The Balaban J connectivity index is 2.19. The molecule has 16 heavy (non-hydrogen) atoms. The monoisotopic (exact) mass is 221 g/mol. The molecular weight excluding hydrogens is 202 g/mol. The number of aromatic nitrogens is 2. The zero-order valence-corrected chi connectivity index (χ0v) is 10.1. The highest BCUT2D eigenvalue weighted by molar-refractivity contribution is 5.80. The Bertz CT molecular complexity index is 393. The van der Waals surface area contributed by atoms with Crippen LogP contribution in [0.5, 0.6) is 0 Å². The van der Waals surface area contributed by atoms with E-state index in [1.165, 1.54) is 5.56 Å². The van der Waals surface area contributed by atoms with Crippen molar-refractivity contribution in [2.75, 3.05) is 13.1 Å². The zero-order valence-electron chi connectivity index (χ0n) is 10.1. The second-order valence-electron chi connectivity index (χ2n) is 4.35. The van der Waals surface area contributed by atoms with Crippen molar-refractivity contribution in [1.82, 2.24) is 14.7 Å². The Labute approximate surface area is 95.9 Å². The Kier molecular flexibility index (Phi) is 2.85. The highest BCUT2D eigenvalue weighted by Crippen LogP contribution is 2.25. The quantitative estimate of drug-likeness (QED) is 0.833. The number of hydrogen-bond donors (Lipinski definition) is 1.